The third-order valence-corrected chi connectivity index (χ3v) is 5.24. The summed E-state index contributed by atoms with van der Waals surface area (Å²) in [6, 6.07) is 13.4. The maximum Gasteiger partial charge on any atom is 0.249 e. The van der Waals surface area contributed by atoms with E-state index in [0.717, 1.165) is 31.4 Å². The summed E-state index contributed by atoms with van der Waals surface area (Å²) in [7, 11) is 0. The number of nitrogens with zero attached hydrogens (tertiary/aromatic N) is 2. The quantitative estimate of drug-likeness (QED) is 0.519. The van der Waals surface area contributed by atoms with E-state index in [2.05, 4.69) is 0 Å². The largest absolute Gasteiger partial charge is 0.467 e. The number of furan rings is 1. The molecular formula is C24H32N2O5. The first-order valence-corrected chi connectivity index (χ1v) is 11.0. The number of hydrogen-bond donors (Lipinski definition) is 0. The lowest BCUT2D eigenvalue weighted by molar-refractivity contribution is -0.144. The van der Waals surface area contributed by atoms with E-state index in [9.17, 15) is 9.59 Å². The van der Waals surface area contributed by atoms with Crippen molar-refractivity contribution in [2.45, 2.75) is 45.4 Å². The molecule has 31 heavy (non-hydrogen) atoms. The number of carbonyl (C=O) groups is 2. The van der Waals surface area contributed by atoms with Crippen LogP contribution in [0.1, 0.15) is 37.5 Å². The number of rotatable bonds is 12. The van der Waals surface area contributed by atoms with E-state index < -0.39 is 0 Å². The van der Waals surface area contributed by atoms with E-state index in [0.29, 0.717) is 32.0 Å². The fourth-order valence-corrected chi connectivity index (χ4v) is 3.63. The van der Waals surface area contributed by atoms with Crippen molar-refractivity contribution in [3.05, 3.63) is 60.1 Å². The van der Waals surface area contributed by atoms with Crippen LogP contribution in [0.5, 0.6) is 0 Å². The topological polar surface area (TPSA) is 72.2 Å². The average Bonchev–Trinajstić information content (AvgIpc) is 3.48. The highest BCUT2D eigenvalue weighted by atomic mass is 16.5. The second kappa shape index (κ2) is 12.3. The van der Waals surface area contributed by atoms with Crippen molar-refractivity contribution in [2.24, 2.45) is 0 Å². The summed E-state index contributed by atoms with van der Waals surface area (Å²) in [4.78, 5) is 29.2. The van der Waals surface area contributed by atoms with Crippen LogP contribution in [0.25, 0.3) is 0 Å². The Morgan fingerprint density at radius 2 is 1.94 bits per heavy atom. The molecule has 1 aromatic carbocycles. The van der Waals surface area contributed by atoms with Gasteiger partial charge in [-0.2, -0.15) is 0 Å². The van der Waals surface area contributed by atoms with Gasteiger partial charge in [-0.1, -0.05) is 37.3 Å². The Bertz CT molecular complexity index is 788. The van der Waals surface area contributed by atoms with Crippen LogP contribution in [0, 0.1) is 0 Å². The molecule has 2 aromatic rings. The molecule has 168 valence electrons. The van der Waals surface area contributed by atoms with Crippen LogP contribution in [0.15, 0.2) is 53.1 Å². The van der Waals surface area contributed by atoms with Gasteiger partial charge in [0.05, 0.1) is 32.1 Å². The molecule has 0 spiro atoms. The number of hydrogen-bond acceptors (Lipinski definition) is 5. The predicted molar refractivity (Wildman–Crippen MR) is 116 cm³/mol. The van der Waals surface area contributed by atoms with Crippen molar-refractivity contribution in [2.75, 3.05) is 32.8 Å². The van der Waals surface area contributed by atoms with Gasteiger partial charge in [0.1, 0.15) is 12.4 Å². The standard InChI is InChI=1S/C24H32N2O5/c1-2-12-25(24(28)19-29-18-20-8-4-3-5-9-20)17-23(27)26(15-21-10-6-13-30-21)16-22-11-7-14-31-22/h3-6,8-10,13,22H,2,7,11-12,14-19H2,1H3/t22-/m1/s1. The minimum atomic E-state index is -0.179. The Morgan fingerprint density at radius 3 is 2.61 bits per heavy atom. The lowest BCUT2D eigenvalue weighted by Crippen LogP contribution is -2.46. The van der Waals surface area contributed by atoms with Crippen molar-refractivity contribution in [3.8, 4) is 0 Å². The van der Waals surface area contributed by atoms with Gasteiger partial charge in [0.25, 0.3) is 0 Å². The normalized spacial score (nSPS) is 15.7. The van der Waals surface area contributed by atoms with Gasteiger partial charge in [-0.3, -0.25) is 9.59 Å². The molecular weight excluding hydrogens is 396 g/mol. The maximum atomic E-state index is 13.1. The molecule has 3 rings (SSSR count). The first-order chi connectivity index (χ1) is 15.2. The zero-order chi connectivity index (χ0) is 21.9. The van der Waals surface area contributed by atoms with Crippen LogP contribution in [0.3, 0.4) is 0 Å². The van der Waals surface area contributed by atoms with E-state index in [1.54, 1.807) is 22.1 Å². The molecule has 0 N–H and O–H groups in total. The minimum absolute atomic E-state index is 0.0226. The summed E-state index contributed by atoms with van der Waals surface area (Å²) in [6.07, 6.45) is 4.34. The molecule has 2 heterocycles. The maximum absolute atomic E-state index is 13.1. The van der Waals surface area contributed by atoms with Gasteiger partial charge in [0, 0.05) is 19.7 Å². The lowest BCUT2D eigenvalue weighted by Gasteiger charge is -2.28. The third-order valence-electron chi connectivity index (χ3n) is 5.24. The zero-order valence-corrected chi connectivity index (χ0v) is 18.2. The average molecular weight is 429 g/mol. The number of carbonyl (C=O) groups excluding carboxylic acids is 2. The monoisotopic (exact) mass is 428 g/mol. The van der Waals surface area contributed by atoms with Crippen LogP contribution in [-0.2, 0) is 32.2 Å². The third kappa shape index (κ3) is 7.52. The van der Waals surface area contributed by atoms with Crippen LogP contribution >= 0.6 is 0 Å². The fraction of sp³-hybridized carbons (Fsp3) is 0.500. The summed E-state index contributed by atoms with van der Waals surface area (Å²) >= 11 is 0. The highest BCUT2D eigenvalue weighted by molar-refractivity contribution is 5.85. The zero-order valence-electron chi connectivity index (χ0n) is 18.2. The fourth-order valence-electron chi connectivity index (χ4n) is 3.63. The van der Waals surface area contributed by atoms with Crippen molar-refractivity contribution in [1.82, 2.24) is 9.80 Å². The summed E-state index contributed by atoms with van der Waals surface area (Å²) in [5.41, 5.74) is 1.01. The van der Waals surface area contributed by atoms with Crippen molar-refractivity contribution < 1.29 is 23.5 Å². The Labute approximate surface area is 183 Å². The van der Waals surface area contributed by atoms with Gasteiger partial charge in [-0.15, -0.1) is 0 Å². The highest BCUT2D eigenvalue weighted by Crippen LogP contribution is 2.16. The van der Waals surface area contributed by atoms with Gasteiger partial charge in [-0.25, -0.2) is 0 Å². The predicted octanol–water partition coefficient (Wildman–Crippen LogP) is 3.24. The van der Waals surface area contributed by atoms with E-state index in [1.165, 1.54) is 0 Å². The number of benzene rings is 1. The lowest BCUT2D eigenvalue weighted by atomic mass is 10.2. The molecule has 0 saturated carbocycles. The summed E-state index contributed by atoms with van der Waals surface area (Å²) in [6.45, 7) is 4.43. The van der Waals surface area contributed by atoms with E-state index in [4.69, 9.17) is 13.9 Å². The molecule has 7 heteroatoms. The Balaban J connectivity index is 1.56. The van der Waals surface area contributed by atoms with Crippen LogP contribution in [-0.4, -0.2) is 60.6 Å². The Hall–Kier alpha value is -2.64. The van der Waals surface area contributed by atoms with E-state index >= 15 is 0 Å². The second-order valence-corrected chi connectivity index (χ2v) is 7.78. The summed E-state index contributed by atoms with van der Waals surface area (Å²) in [5, 5.41) is 0. The van der Waals surface area contributed by atoms with Gasteiger partial charge in [0.2, 0.25) is 11.8 Å². The molecule has 0 aliphatic carbocycles. The molecule has 1 aromatic heterocycles. The van der Waals surface area contributed by atoms with Crippen LogP contribution in [0.4, 0.5) is 0 Å². The first-order valence-electron chi connectivity index (χ1n) is 11.0. The molecule has 0 bridgehead atoms. The molecule has 0 unspecified atom stereocenters. The smallest absolute Gasteiger partial charge is 0.249 e. The molecule has 7 nitrogen and oxygen atoms in total. The van der Waals surface area contributed by atoms with Gasteiger partial charge >= 0.3 is 0 Å². The molecule has 0 radical (unpaired) electrons. The molecule has 1 aliphatic heterocycles. The highest BCUT2D eigenvalue weighted by Gasteiger charge is 2.26. The SMILES string of the molecule is CCCN(CC(=O)N(Cc1ccco1)C[C@H]1CCCO1)C(=O)COCc1ccccc1. The Morgan fingerprint density at radius 1 is 1.10 bits per heavy atom. The molecule has 2 amide bonds. The molecule has 1 aliphatic rings. The van der Waals surface area contributed by atoms with Gasteiger partial charge in [-0.05, 0) is 37.0 Å². The van der Waals surface area contributed by atoms with Crippen molar-refractivity contribution >= 4 is 11.8 Å². The minimum Gasteiger partial charge on any atom is -0.467 e. The summed E-state index contributed by atoms with van der Waals surface area (Å²) in [5.74, 6) is 0.420. The number of amides is 2. The first kappa shape index (κ1) is 23.0. The molecule has 1 atom stereocenters. The van der Waals surface area contributed by atoms with Crippen LogP contribution < -0.4 is 0 Å². The molecule has 1 saturated heterocycles. The van der Waals surface area contributed by atoms with Gasteiger partial charge < -0.3 is 23.7 Å². The van der Waals surface area contributed by atoms with E-state index in [-0.39, 0.29) is 31.1 Å². The van der Waals surface area contributed by atoms with Crippen LogP contribution in [0.2, 0.25) is 0 Å². The van der Waals surface area contributed by atoms with E-state index in [1.807, 2.05) is 43.3 Å². The summed E-state index contributed by atoms with van der Waals surface area (Å²) < 4.78 is 16.8. The second-order valence-electron chi connectivity index (χ2n) is 7.78. The molecule has 1 fully saturated rings. The van der Waals surface area contributed by atoms with Crippen molar-refractivity contribution in [1.29, 1.82) is 0 Å². The van der Waals surface area contributed by atoms with Crippen molar-refractivity contribution in [3.63, 3.8) is 0 Å². The number of ether oxygens (including phenoxy) is 2. The Kier molecular flexibility index (Phi) is 9.12. The van der Waals surface area contributed by atoms with Gasteiger partial charge in [0.15, 0.2) is 0 Å².